The fraction of sp³-hybridized carbons (Fsp3) is 0.231. The number of rotatable bonds is 4. The second-order valence-corrected chi connectivity index (χ2v) is 5.12. The van der Waals surface area contributed by atoms with Crippen molar-refractivity contribution in [2.45, 2.75) is 13.1 Å². The van der Waals surface area contributed by atoms with Gasteiger partial charge in [0.1, 0.15) is 5.76 Å². The third-order valence-electron chi connectivity index (χ3n) is 2.37. The van der Waals surface area contributed by atoms with E-state index in [0.717, 1.165) is 18.8 Å². The van der Waals surface area contributed by atoms with Crippen molar-refractivity contribution in [2.24, 2.45) is 0 Å². The Morgan fingerprint density at radius 1 is 1.12 bits per heavy atom. The lowest BCUT2D eigenvalue weighted by Gasteiger charge is -2.15. The van der Waals surface area contributed by atoms with Crippen molar-refractivity contribution < 1.29 is 4.42 Å². The van der Waals surface area contributed by atoms with Crippen LogP contribution in [0, 0.1) is 3.57 Å². The number of halogens is 1. The highest BCUT2D eigenvalue weighted by Gasteiger charge is 2.03. The summed E-state index contributed by atoms with van der Waals surface area (Å²) in [6.45, 7) is 1.79. The Morgan fingerprint density at radius 2 is 1.88 bits per heavy atom. The van der Waals surface area contributed by atoms with Gasteiger partial charge >= 0.3 is 0 Å². The molecule has 2 aromatic rings. The molecule has 0 saturated heterocycles. The summed E-state index contributed by atoms with van der Waals surface area (Å²) in [5, 5.41) is 0. The predicted molar refractivity (Wildman–Crippen MR) is 73.0 cm³/mol. The summed E-state index contributed by atoms with van der Waals surface area (Å²) in [6, 6.07) is 12.5. The summed E-state index contributed by atoms with van der Waals surface area (Å²) in [7, 11) is 2.10. The Kier molecular flexibility index (Phi) is 4.01. The third-order valence-corrected chi connectivity index (χ3v) is 3.09. The zero-order valence-corrected chi connectivity index (χ0v) is 11.3. The van der Waals surface area contributed by atoms with Crippen LogP contribution in [0.25, 0.3) is 0 Å². The first kappa shape index (κ1) is 11.7. The third kappa shape index (κ3) is 3.35. The van der Waals surface area contributed by atoms with Gasteiger partial charge in [-0.2, -0.15) is 0 Å². The van der Waals surface area contributed by atoms with E-state index >= 15 is 0 Å². The van der Waals surface area contributed by atoms with Crippen LogP contribution in [0.15, 0.2) is 47.1 Å². The molecule has 0 bridgehead atoms. The van der Waals surface area contributed by atoms with Gasteiger partial charge in [0, 0.05) is 10.1 Å². The molecule has 0 radical (unpaired) electrons. The molecule has 0 atom stereocenters. The number of nitrogens with zero attached hydrogens (tertiary/aromatic N) is 1. The topological polar surface area (TPSA) is 16.4 Å². The molecule has 1 heterocycles. The average Bonchev–Trinajstić information content (AvgIpc) is 2.74. The molecule has 0 aliphatic heterocycles. The Balaban J connectivity index is 1.92. The smallest absolute Gasteiger partial charge is 0.117 e. The highest BCUT2D eigenvalue weighted by atomic mass is 127. The Bertz CT molecular complexity index is 422. The molecule has 0 saturated carbocycles. The molecule has 84 valence electrons. The molecule has 0 spiro atoms. The van der Waals surface area contributed by atoms with Gasteiger partial charge in [-0.15, -0.1) is 0 Å². The Hall–Kier alpha value is -0.810. The maximum Gasteiger partial charge on any atom is 0.117 e. The van der Waals surface area contributed by atoms with Crippen molar-refractivity contribution in [1.82, 2.24) is 4.90 Å². The monoisotopic (exact) mass is 327 g/mol. The fourth-order valence-electron chi connectivity index (χ4n) is 1.63. The van der Waals surface area contributed by atoms with Crippen LogP contribution in [0.3, 0.4) is 0 Å². The van der Waals surface area contributed by atoms with Crippen molar-refractivity contribution in [3.63, 3.8) is 0 Å². The minimum absolute atomic E-state index is 0.846. The zero-order chi connectivity index (χ0) is 11.4. The molecule has 0 unspecified atom stereocenters. The molecule has 0 N–H and O–H groups in total. The van der Waals surface area contributed by atoms with Gasteiger partial charge in [-0.05, 0) is 59.5 Å². The van der Waals surface area contributed by atoms with Crippen molar-refractivity contribution in [2.75, 3.05) is 7.05 Å². The summed E-state index contributed by atoms with van der Waals surface area (Å²) in [5.74, 6) is 1.01. The van der Waals surface area contributed by atoms with E-state index in [1.54, 1.807) is 6.26 Å². The molecule has 1 aromatic carbocycles. The summed E-state index contributed by atoms with van der Waals surface area (Å²) in [4.78, 5) is 2.24. The van der Waals surface area contributed by atoms with E-state index in [0.29, 0.717) is 0 Å². The number of hydrogen-bond donors (Lipinski definition) is 0. The number of benzene rings is 1. The molecular weight excluding hydrogens is 313 g/mol. The maximum absolute atomic E-state index is 5.32. The summed E-state index contributed by atoms with van der Waals surface area (Å²) in [6.07, 6.45) is 1.72. The second kappa shape index (κ2) is 5.50. The van der Waals surface area contributed by atoms with E-state index in [-0.39, 0.29) is 0 Å². The molecule has 2 rings (SSSR count). The lowest BCUT2D eigenvalue weighted by atomic mass is 10.2. The minimum Gasteiger partial charge on any atom is -0.468 e. The van der Waals surface area contributed by atoms with Crippen LogP contribution in [0.1, 0.15) is 11.3 Å². The van der Waals surface area contributed by atoms with Gasteiger partial charge in [0.2, 0.25) is 0 Å². The molecule has 0 aliphatic carbocycles. The SMILES string of the molecule is CN(Cc1ccc(I)cc1)Cc1ccco1. The number of furan rings is 1. The van der Waals surface area contributed by atoms with Gasteiger partial charge in [0.15, 0.2) is 0 Å². The lowest BCUT2D eigenvalue weighted by Crippen LogP contribution is -2.16. The summed E-state index contributed by atoms with van der Waals surface area (Å²) >= 11 is 2.32. The Labute approximate surface area is 109 Å². The van der Waals surface area contributed by atoms with Crippen LogP contribution < -0.4 is 0 Å². The maximum atomic E-state index is 5.32. The standard InChI is InChI=1S/C13H14INO/c1-15(10-13-3-2-8-16-13)9-11-4-6-12(14)7-5-11/h2-8H,9-10H2,1H3. The van der Waals surface area contributed by atoms with Crippen LogP contribution in [0.5, 0.6) is 0 Å². The summed E-state index contributed by atoms with van der Waals surface area (Å²) in [5.41, 5.74) is 1.33. The van der Waals surface area contributed by atoms with Gasteiger partial charge in [0.25, 0.3) is 0 Å². The van der Waals surface area contributed by atoms with Gasteiger partial charge in [-0.3, -0.25) is 4.90 Å². The van der Waals surface area contributed by atoms with Gasteiger partial charge in [-0.25, -0.2) is 0 Å². The van der Waals surface area contributed by atoms with Crippen LogP contribution in [-0.2, 0) is 13.1 Å². The van der Waals surface area contributed by atoms with E-state index < -0.39 is 0 Å². The molecule has 0 amide bonds. The first-order valence-corrected chi connectivity index (χ1v) is 6.27. The molecular formula is C13H14INO. The summed E-state index contributed by atoms with van der Waals surface area (Å²) < 4.78 is 6.59. The van der Waals surface area contributed by atoms with Crippen molar-refractivity contribution in [1.29, 1.82) is 0 Å². The molecule has 0 fully saturated rings. The average molecular weight is 327 g/mol. The van der Waals surface area contributed by atoms with E-state index in [1.807, 2.05) is 12.1 Å². The molecule has 1 aromatic heterocycles. The van der Waals surface area contributed by atoms with E-state index in [4.69, 9.17) is 4.42 Å². The highest BCUT2D eigenvalue weighted by Crippen LogP contribution is 2.10. The quantitative estimate of drug-likeness (QED) is 0.799. The van der Waals surface area contributed by atoms with Crippen LogP contribution in [-0.4, -0.2) is 11.9 Å². The van der Waals surface area contributed by atoms with Crippen LogP contribution in [0.2, 0.25) is 0 Å². The second-order valence-electron chi connectivity index (χ2n) is 3.88. The molecule has 3 heteroatoms. The normalized spacial score (nSPS) is 10.9. The molecule has 0 aliphatic rings. The largest absolute Gasteiger partial charge is 0.468 e. The highest BCUT2D eigenvalue weighted by molar-refractivity contribution is 14.1. The van der Waals surface area contributed by atoms with Gasteiger partial charge < -0.3 is 4.42 Å². The first-order chi connectivity index (χ1) is 7.74. The van der Waals surface area contributed by atoms with Crippen molar-refractivity contribution >= 4 is 22.6 Å². The zero-order valence-electron chi connectivity index (χ0n) is 9.19. The molecule has 16 heavy (non-hydrogen) atoms. The number of hydrogen-bond acceptors (Lipinski definition) is 2. The lowest BCUT2D eigenvalue weighted by molar-refractivity contribution is 0.288. The van der Waals surface area contributed by atoms with E-state index in [9.17, 15) is 0 Å². The van der Waals surface area contributed by atoms with Crippen LogP contribution in [0.4, 0.5) is 0 Å². The molecule has 2 nitrogen and oxygen atoms in total. The fourth-order valence-corrected chi connectivity index (χ4v) is 1.99. The minimum atomic E-state index is 0.846. The van der Waals surface area contributed by atoms with E-state index in [2.05, 4.69) is 58.8 Å². The van der Waals surface area contributed by atoms with Gasteiger partial charge in [0.05, 0.1) is 12.8 Å². The van der Waals surface area contributed by atoms with Crippen LogP contribution >= 0.6 is 22.6 Å². The van der Waals surface area contributed by atoms with Crippen molar-refractivity contribution in [3.05, 3.63) is 57.6 Å². The Morgan fingerprint density at radius 3 is 2.50 bits per heavy atom. The van der Waals surface area contributed by atoms with E-state index in [1.165, 1.54) is 9.13 Å². The van der Waals surface area contributed by atoms with Gasteiger partial charge in [-0.1, -0.05) is 12.1 Å². The van der Waals surface area contributed by atoms with Crippen molar-refractivity contribution in [3.8, 4) is 0 Å². The predicted octanol–water partition coefficient (Wildman–Crippen LogP) is 3.52. The first-order valence-electron chi connectivity index (χ1n) is 5.19.